The molecule has 1 aliphatic heterocycles. The highest BCUT2D eigenvalue weighted by atomic mass is 16.2. The van der Waals surface area contributed by atoms with Crippen molar-refractivity contribution in [2.24, 2.45) is 5.41 Å². The van der Waals surface area contributed by atoms with Crippen molar-refractivity contribution in [3.8, 4) is 0 Å². The van der Waals surface area contributed by atoms with Crippen LogP contribution in [0.25, 0.3) is 0 Å². The molecule has 0 saturated carbocycles. The zero-order valence-corrected chi connectivity index (χ0v) is 17.3. The van der Waals surface area contributed by atoms with E-state index in [0.29, 0.717) is 13.1 Å². The monoisotopic (exact) mass is 380 g/mol. The van der Waals surface area contributed by atoms with Crippen LogP contribution in [0, 0.1) is 5.41 Å². The molecule has 0 bridgehead atoms. The van der Waals surface area contributed by atoms with Crippen LogP contribution in [-0.4, -0.2) is 36.9 Å². The fourth-order valence-electron chi connectivity index (χ4n) is 3.69. The summed E-state index contributed by atoms with van der Waals surface area (Å²) < 4.78 is 0. The number of fused-ring (bicyclic) bond motifs is 1. The van der Waals surface area contributed by atoms with E-state index in [4.69, 9.17) is 0 Å². The first-order valence-corrected chi connectivity index (χ1v) is 9.69. The second-order valence-electron chi connectivity index (χ2n) is 7.59. The fourth-order valence-corrected chi connectivity index (χ4v) is 3.69. The number of hydrogen-bond acceptors (Lipinski definition) is 4. The van der Waals surface area contributed by atoms with E-state index in [2.05, 4.69) is 16.8 Å². The number of aromatic nitrogens is 1. The maximum Gasteiger partial charge on any atom is 0.242 e. The van der Waals surface area contributed by atoms with Gasteiger partial charge in [-0.2, -0.15) is 0 Å². The molecular weight excluding hydrogens is 352 g/mol. The maximum atomic E-state index is 13.0. The van der Waals surface area contributed by atoms with Gasteiger partial charge < -0.3 is 14.7 Å². The molecule has 0 spiro atoms. The predicted molar refractivity (Wildman–Crippen MR) is 113 cm³/mol. The summed E-state index contributed by atoms with van der Waals surface area (Å²) in [4.78, 5) is 35.7. The number of rotatable bonds is 5. The van der Waals surface area contributed by atoms with Crippen LogP contribution in [0.1, 0.15) is 33.3 Å². The van der Waals surface area contributed by atoms with Gasteiger partial charge in [0.15, 0.2) is 0 Å². The molecule has 3 rings (SSSR count). The van der Waals surface area contributed by atoms with Gasteiger partial charge in [0.25, 0.3) is 0 Å². The SMILES string of the molecule is CCN(Cc1ccc2c(c1)N(C)C(=O)C(C)(C)C(=O)N2CC)c1cccnc1. The summed E-state index contributed by atoms with van der Waals surface area (Å²) >= 11 is 0. The smallest absolute Gasteiger partial charge is 0.242 e. The van der Waals surface area contributed by atoms with Crippen LogP contribution in [0.15, 0.2) is 42.7 Å². The highest BCUT2D eigenvalue weighted by Gasteiger charge is 2.45. The lowest BCUT2D eigenvalue weighted by molar-refractivity contribution is -0.137. The van der Waals surface area contributed by atoms with E-state index < -0.39 is 5.41 Å². The molecule has 0 atom stereocenters. The first-order chi connectivity index (χ1) is 13.3. The molecule has 0 unspecified atom stereocenters. The Hall–Kier alpha value is -2.89. The number of hydrogen-bond donors (Lipinski definition) is 0. The lowest BCUT2D eigenvalue weighted by Gasteiger charge is -2.27. The lowest BCUT2D eigenvalue weighted by atomic mass is 9.90. The van der Waals surface area contributed by atoms with Crippen molar-refractivity contribution in [3.05, 3.63) is 48.3 Å². The molecule has 2 aromatic rings. The zero-order chi connectivity index (χ0) is 20.5. The number of benzene rings is 1. The van der Waals surface area contributed by atoms with Gasteiger partial charge in [-0.3, -0.25) is 14.6 Å². The average Bonchev–Trinajstić information content (AvgIpc) is 2.76. The molecule has 1 aliphatic rings. The maximum absolute atomic E-state index is 13.0. The van der Waals surface area contributed by atoms with E-state index in [9.17, 15) is 9.59 Å². The molecule has 1 aromatic heterocycles. The van der Waals surface area contributed by atoms with E-state index in [1.807, 2.05) is 43.5 Å². The number of carbonyl (C=O) groups excluding carboxylic acids is 2. The Kier molecular flexibility index (Phi) is 5.40. The quantitative estimate of drug-likeness (QED) is 0.746. The average molecular weight is 380 g/mol. The molecule has 2 heterocycles. The second kappa shape index (κ2) is 7.62. The van der Waals surface area contributed by atoms with Gasteiger partial charge >= 0.3 is 0 Å². The van der Waals surface area contributed by atoms with Crippen molar-refractivity contribution in [3.63, 3.8) is 0 Å². The molecule has 6 heteroatoms. The van der Waals surface area contributed by atoms with Gasteiger partial charge in [0.2, 0.25) is 11.8 Å². The number of carbonyl (C=O) groups is 2. The van der Waals surface area contributed by atoms with E-state index in [0.717, 1.165) is 29.2 Å². The Morgan fingerprint density at radius 2 is 1.82 bits per heavy atom. The Balaban J connectivity index is 2.01. The summed E-state index contributed by atoms with van der Waals surface area (Å²) in [6.45, 7) is 9.49. The standard InChI is InChI=1S/C22H28N4O2/c1-6-25(17-9-8-12-23-14-17)15-16-10-11-18-19(13-16)24(5)20(27)22(3,4)21(28)26(18)7-2/h8-14H,6-7,15H2,1-5H3. The third kappa shape index (κ3) is 3.35. The van der Waals surface area contributed by atoms with Crippen molar-refractivity contribution in [1.29, 1.82) is 0 Å². The van der Waals surface area contributed by atoms with E-state index in [1.54, 1.807) is 36.9 Å². The summed E-state index contributed by atoms with van der Waals surface area (Å²) in [5.74, 6) is -0.352. The zero-order valence-electron chi connectivity index (χ0n) is 17.3. The van der Waals surface area contributed by atoms with Crippen LogP contribution in [0.4, 0.5) is 17.1 Å². The van der Waals surface area contributed by atoms with Crippen LogP contribution in [0.3, 0.4) is 0 Å². The molecular formula is C22H28N4O2. The molecule has 0 aliphatic carbocycles. The van der Waals surface area contributed by atoms with Gasteiger partial charge in [-0.1, -0.05) is 6.07 Å². The van der Waals surface area contributed by atoms with E-state index in [1.165, 1.54) is 0 Å². The van der Waals surface area contributed by atoms with Crippen LogP contribution in [0.2, 0.25) is 0 Å². The largest absolute Gasteiger partial charge is 0.366 e. The first-order valence-electron chi connectivity index (χ1n) is 9.69. The first kappa shape index (κ1) is 19.9. The molecule has 0 fully saturated rings. The fraction of sp³-hybridized carbons (Fsp3) is 0.409. The molecule has 28 heavy (non-hydrogen) atoms. The molecule has 0 N–H and O–H groups in total. The Labute approximate surface area is 166 Å². The Morgan fingerprint density at radius 3 is 2.43 bits per heavy atom. The van der Waals surface area contributed by atoms with Crippen molar-refractivity contribution in [1.82, 2.24) is 4.98 Å². The molecule has 2 amide bonds. The van der Waals surface area contributed by atoms with Gasteiger partial charge in [0, 0.05) is 32.9 Å². The molecule has 0 saturated heterocycles. The summed E-state index contributed by atoms with van der Waals surface area (Å²) in [6.07, 6.45) is 3.61. The summed E-state index contributed by atoms with van der Waals surface area (Å²) in [6, 6.07) is 9.96. The Morgan fingerprint density at radius 1 is 1.07 bits per heavy atom. The van der Waals surface area contributed by atoms with Crippen molar-refractivity contribution >= 4 is 28.9 Å². The topological polar surface area (TPSA) is 56.8 Å². The normalized spacial score (nSPS) is 16.0. The third-order valence-corrected chi connectivity index (χ3v) is 5.39. The van der Waals surface area contributed by atoms with Gasteiger partial charge in [-0.15, -0.1) is 0 Å². The molecule has 1 aromatic carbocycles. The molecule has 6 nitrogen and oxygen atoms in total. The van der Waals surface area contributed by atoms with E-state index in [-0.39, 0.29) is 11.8 Å². The third-order valence-electron chi connectivity index (χ3n) is 5.39. The second-order valence-corrected chi connectivity index (χ2v) is 7.59. The number of pyridine rings is 1. The summed E-state index contributed by atoms with van der Waals surface area (Å²) in [5.41, 5.74) is 2.59. The van der Waals surface area contributed by atoms with Crippen LogP contribution >= 0.6 is 0 Å². The predicted octanol–water partition coefficient (Wildman–Crippen LogP) is 3.46. The van der Waals surface area contributed by atoms with Gasteiger partial charge in [0.05, 0.1) is 23.3 Å². The lowest BCUT2D eigenvalue weighted by Crippen LogP contribution is -2.47. The van der Waals surface area contributed by atoms with Gasteiger partial charge in [-0.25, -0.2) is 0 Å². The van der Waals surface area contributed by atoms with Gasteiger partial charge in [0.1, 0.15) is 5.41 Å². The van der Waals surface area contributed by atoms with Gasteiger partial charge in [-0.05, 0) is 57.5 Å². The van der Waals surface area contributed by atoms with E-state index >= 15 is 0 Å². The molecule has 148 valence electrons. The minimum Gasteiger partial charge on any atom is -0.366 e. The molecule has 0 radical (unpaired) electrons. The van der Waals surface area contributed by atoms with Crippen molar-refractivity contribution in [2.45, 2.75) is 34.2 Å². The minimum absolute atomic E-state index is 0.163. The number of amides is 2. The number of nitrogens with zero attached hydrogens (tertiary/aromatic N) is 4. The highest BCUT2D eigenvalue weighted by Crippen LogP contribution is 2.39. The minimum atomic E-state index is -1.09. The number of anilines is 3. The van der Waals surface area contributed by atoms with Crippen LogP contribution in [0.5, 0.6) is 0 Å². The summed E-state index contributed by atoms with van der Waals surface area (Å²) in [5, 5.41) is 0. The highest BCUT2D eigenvalue weighted by molar-refractivity contribution is 6.19. The summed E-state index contributed by atoms with van der Waals surface area (Å²) in [7, 11) is 1.75. The van der Waals surface area contributed by atoms with Crippen molar-refractivity contribution in [2.75, 3.05) is 34.8 Å². The van der Waals surface area contributed by atoms with Crippen LogP contribution < -0.4 is 14.7 Å². The van der Waals surface area contributed by atoms with Crippen molar-refractivity contribution < 1.29 is 9.59 Å². The Bertz CT molecular complexity index is 879. The van der Waals surface area contributed by atoms with Crippen LogP contribution in [-0.2, 0) is 16.1 Å².